The van der Waals surface area contributed by atoms with Gasteiger partial charge in [-0.2, -0.15) is 5.10 Å². The van der Waals surface area contributed by atoms with E-state index in [-0.39, 0.29) is 23.1 Å². The lowest BCUT2D eigenvalue weighted by molar-refractivity contribution is -0.384. The average Bonchev–Trinajstić information content (AvgIpc) is 2.56. The predicted octanol–water partition coefficient (Wildman–Crippen LogP) is 2.85. The molecule has 2 rings (SSSR count). The smallest absolute Gasteiger partial charge is 0.275 e. The van der Waals surface area contributed by atoms with E-state index in [4.69, 9.17) is 4.74 Å². The van der Waals surface area contributed by atoms with E-state index < -0.39 is 10.8 Å². The van der Waals surface area contributed by atoms with Crippen LogP contribution in [0.4, 0.5) is 5.69 Å². The number of benzene rings is 2. The van der Waals surface area contributed by atoms with E-state index >= 15 is 0 Å². The van der Waals surface area contributed by atoms with Crippen LogP contribution < -0.4 is 10.2 Å². The van der Waals surface area contributed by atoms with Gasteiger partial charge in [0.25, 0.3) is 11.6 Å². The number of nitro benzene ring substituents is 1. The van der Waals surface area contributed by atoms with Crippen LogP contribution in [0.5, 0.6) is 11.5 Å². The molecule has 0 spiro atoms. The van der Waals surface area contributed by atoms with Crippen LogP contribution in [0.1, 0.15) is 29.8 Å². The fourth-order valence-corrected chi connectivity index (χ4v) is 1.99. The summed E-state index contributed by atoms with van der Waals surface area (Å²) in [5, 5.41) is 24.2. The fraction of sp³-hybridized carbons (Fsp3) is 0.176. The number of non-ortho nitro benzene ring substituents is 1. The summed E-state index contributed by atoms with van der Waals surface area (Å²) in [5.74, 6) is -0.270. The second-order valence-electron chi connectivity index (χ2n) is 5.36. The van der Waals surface area contributed by atoms with Gasteiger partial charge < -0.3 is 9.84 Å². The minimum Gasteiger partial charge on any atom is -0.507 e. The highest BCUT2D eigenvalue weighted by Gasteiger charge is 2.13. The number of nitrogens with zero attached hydrogens (tertiary/aromatic N) is 2. The number of hydrogen-bond acceptors (Lipinski definition) is 6. The van der Waals surface area contributed by atoms with Crippen LogP contribution in [-0.2, 0) is 0 Å². The van der Waals surface area contributed by atoms with Gasteiger partial charge in [0.2, 0.25) is 0 Å². The number of hydrogen-bond donors (Lipinski definition) is 2. The maximum absolute atomic E-state index is 12.2. The first-order chi connectivity index (χ1) is 11.9. The van der Waals surface area contributed by atoms with E-state index in [1.54, 1.807) is 24.3 Å². The van der Waals surface area contributed by atoms with Gasteiger partial charge in [0.1, 0.15) is 11.5 Å². The molecule has 1 amide bonds. The van der Waals surface area contributed by atoms with Crippen molar-refractivity contribution in [1.29, 1.82) is 0 Å². The van der Waals surface area contributed by atoms with Crippen LogP contribution in [0.25, 0.3) is 0 Å². The SMILES string of the molecule is CC(C)Oc1ccccc1C(=O)NN=Cc1cc([N+](=O)[O-])ccc1O. The fourth-order valence-electron chi connectivity index (χ4n) is 1.99. The molecule has 0 saturated heterocycles. The number of carbonyl (C=O) groups is 1. The molecule has 0 unspecified atom stereocenters. The minimum atomic E-state index is -0.588. The van der Waals surface area contributed by atoms with Crippen LogP contribution in [0.2, 0.25) is 0 Å². The molecule has 0 fully saturated rings. The number of ether oxygens (including phenoxy) is 1. The zero-order chi connectivity index (χ0) is 18.4. The first kappa shape index (κ1) is 17.9. The standard InChI is InChI=1S/C17H17N3O5/c1-11(2)25-16-6-4-3-5-14(16)17(22)19-18-10-12-9-13(20(23)24)7-8-15(12)21/h3-11,21H,1-2H3,(H,19,22). The third-order valence-electron chi connectivity index (χ3n) is 3.09. The van der Waals surface area contributed by atoms with E-state index in [0.717, 1.165) is 12.3 Å². The summed E-state index contributed by atoms with van der Waals surface area (Å²) in [6, 6.07) is 10.2. The topological polar surface area (TPSA) is 114 Å². The van der Waals surface area contributed by atoms with E-state index in [1.807, 2.05) is 13.8 Å². The van der Waals surface area contributed by atoms with Gasteiger partial charge in [-0.1, -0.05) is 12.1 Å². The van der Waals surface area contributed by atoms with Gasteiger partial charge in [0.15, 0.2) is 0 Å². The first-order valence-electron chi connectivity index (χ1n) is 7.45. The molecule has 130 valence electrons. The molecule has 0 radical (unpaired) electrons. The summed E-state index contributed by atoms with van der Waals surface area (Å²) >= 11 is 0. The normalized spacial score (nSPS) is 10.8. The van der Waals surface area contributed by atoms with E-state index in [2.05, 4.69) is 10.5 Å². The van der Waals surface area contributed by atoms with Crippen molar-refractivity contribution in [2.75, 3.05) is 0 Å². The van der Waals surface area contributed by atoms with Crippen molar-refractivity contribution in [3.05, 3.63) is 63.7 Å². The molecule has 2 aromatic carbocycles. The Hall–Kier alpha value is -3.42. The molecule has 8 nitrogen and oxygen atoms in total. The van der Waals surface area contributed by atoms with Gasteiger partial charge in [0, 0.05) is 17.7 Å². The molecule has 2 N–H and O–H groups in total. The monoisotopic (exact) mass is 343 g/mol. The maximum Gasteiger partial charge on any atom is 0.275 e. The molecule has 0 atom stereocenters. The number of aromatic hydroxyl groups is 1. The summed E-state index contributed by atoms with van der Waals surface area (Å²) < 4.78 is 5.56. The Labute approximate surface area is 143 Å². The number of nitrogens with one attached hydrogen (secondary N) is 1. The Kier molecular flexibility index (Phi) is 5.67. The highest BCUT2D eigenvalue weighted by Crippen LogP contribution is 2.21. The van der Waals surface area contributed by atoms with Gasteiger partial charge in [-0.15, -0.1) is 0 Å². The maximum atomic E-state index is 12.2. The minimum absolute atomic E-state index is 0.0979. The summed E-state index contributed by atoms with van der Waals surface area (Å²) in [5.41, 5.74) is 2.53. The van der Waals surface area contributed by atoms with Crippen molar-refractivity contribution >= 4 is 17.8 Å². The summed E-state index contributed by atoms with van der Waals surface area (Å²) in [7, 11) is 0. The van der Waals surface area contributed by atoms with Crippen LogP contribution in [0.3, 0.4) is 0 Å². The Morgan fingerprint density at radius 2 is 2.04 bits per heavy atom. The summed E-state index contributed by atoms with van der Waals surface area (Å²) in [6.45, 7) is 3.69. The highest BCUT2D eigenvalue weighted by molar-refractivity contribution is 5.97. The first-order valence-corrected chi connectivity index (χ1v) is 7.45. The van der Waals surface area contributed by atoms with Crippen molar-refractivity contribution in [1.82, 2.24) is 5.43 Å². The van der Waals surface area contributed by atoms with Crippen molar-refractivity contribution in [3.63, 3.8) is 0 Å². The van der Waals surface area contributed by atoms with Crippen LogP contribution in [0, 0.1) is 10.1 Å². The molecule has 25 heavy (non-hydrogen) atoms. The van der Waals surface area contributed by atoms with Crippen molar-refractivity contribution in [2.24, 2.45) is 5.10 Å². The summed E-state index contributed by atoms with van der Waals surface area (Å²) in [6.07, 6.45) is 1.03. The van der Waals surface area contributed by atoms with Crippen LogP contribution in [-0.4, -0.2) is 28.3 Å². The Morgan fingerprint density at radius 1 is 1.32 bits per heavy atom. The lowest BCUT2D eigenvalue weighted by atomic mass is 10.2. The number of rotatable bonds is 6. The molecule has 0 aromatic heterocycles. The number of hydrazone groups is 1. The van der Waals surface area contributed by atoms with E-state index in [1.165, 1.54) is 12.1 Å². The quantitative estimate of drug-likeness (QED) is 0.475. The van der Waals surface area contributed by atoms with Gasteiger partial charge >= 0.3 is 0 Å². The van der Waals surface area contributed by atoms with E-state index in [0.29, 0.717) is 11.3 Å². The lowest BCUT2D eigenvalue weighted by Crippen LogP contribution is -2.19. The molecule has 0 aliphatic rings. The third-order valence-corrected chi connectivity index (χ3v) is 3.09. The average molecular weight is 343 g/mol. The van der Waals surface area contributed by atoms with E-state index in [9.17, 15) is 20.0 Å². The lowest BCUT2D eigenvalue weighted by Gasteiger charge is -2.12. The number of carbonyl (C=O) groups excluding carboxylic acids is 1. The second kappa shape index (κ2) is 7.91. The van der Waals surface area contributed by atoms with Gasteiger partial charge in [-0.3, -0.25) is 14.9 Å². The largest absolute Gasteiger partial charge is 0.507 e. The molecule has 8 heteroatoms. The number of phenolic OH excluding ortho intramolecular Hbond substituents is 1. The van der Waals surface area contributed by atoms with Gasteiger partial charge in [0.05, 0.1) is 22.8 Å². The van der Waals surface area contributed by atoms with Crippen LogP contribution >= 0.6 is 0 Å². The number of amides is 1. The van der Waals surface area contributed by atoms with Crippen molar-refractivity contribution < 1.29 is 19.6 Å². The predicted molar refractivity (Wildman–Crippen MR) is 92.0 cm³/mol. The number of nitro groups is 1. The third kappa shape index (κ3) is 4.77. The van der Waals surface area contributed by atoms with Crippen LogP contribution in [0.15, 0.2) is 47.6 Å². The molecular formula is C17H17N3O5. The Bertz CT molecular complexity index is 818. The van der Waals surface area contributed by atoms with Gasteiger partial charge in [-0.05, 0) is 32.0 Å². The molecule has 0 saturated carbocycles. The Morgan fingerprint density at radius 3 is 2.72 bits per heavy atom. The molecular weight excluding hydrogens is 326 g/mol. The molecule has 0 bridgehead atoms. The highest BCUT2D eigenvalue weighted by atomic mass is 16.6. The second-order valence-corrected chi connectivity index (χ2v) is 5.36. The molecule has 0 aliphatic heterocycles. The molecule has 0 aliphatic carbocycles. The molecule has 0 heterocycles. The number of phenols is 1. The Balaban J connectivity index is 2.14. The zero-order valence-electron chi connectivity index (χ0n) is 13.7. The zero-order valence-corrected chi connectivity index (χ0v) is 13.7. The van der Waals surface area contributed by atoms with Crippen molar-refractivity contribution in [3.8, 4) is 11.5 Å². The summed E-state index contributed by atoms with van der Waals surface area (Å²) in [4.78, 5) is 22.4. The van der Waals surface area contributed by atoms with Gasteiger partial charge in [-0.25, -0.2) is 5.43 Å². The number of para-hydroxylation sites is 1. The van der Waals surface area contributed by atoms with Crippen molar-refractivity contribution in [2.45, 2.75) is 20.0 Å². The molecule has 2 aromatic rings.